The Morgan fingerprint density at radius 2 is 1.75 bits per heavy atom. The van der Waals surface area contributed by atoms with Gasteiger partial charge in [0.15, 0.2) is 0 Å². The highest BCUT2D eigenvalue weighted by molar-refractivity contribution is 6.43. The number of benzene rings is 1. The van der Waals surface area contributed by atoms with Crippen molar-refractivity contribution in [2.75, 3.05) is 10.6 Å². The third-order valence-electron chi connectivity index (χ3n) is 2.43. The molecule has 2 amide bonds. The predicted molar refractivity (Wildman–Crippen MR) is 75.5 cm³/mol. The van der Waals surface area contributed by atoms with Crippen LogP contribution in [0.25, 0.3) is 0 Å². The van der Waals surface area contributed by atoms with Gasteiger partial charge in [-0.2, -0.15) is 0 Å². The summed E-state index contributed by atoms with van der Waals surface area (Å²) in [5, 5.41) is 5.23. The second kappa shape index (κ2) is 6.12. The van der Waals surface area contributed by atoms with Crippen LogP contribution in [0.2, 0.25) is 5.02 Å². The fourth-order valence-electron chi connectivity index (χ4n) is 1.38. The van der Waals surface area contributed by atoms with E-state index in [1.807, 2.05) is 6.92 Å². The molecule has 1 aromatic heterocycles. The maximum absolute atomic E-state index is 11.7. The van der Waals surface area contributed by atoms with Crippen LogP contribution in [0, 0.1) is 6.92 Å². The van der Waals surface area contributed by atoms with Crippen LogP contribution in [-0.2, 0) is 9.59 Å². The van der Waals surface area contributed by atoms with Crippen LogP contribution >= 0.6 is 11.6 Å². The van der Waals surface area contributed by atoms with Gasteiger partial charge in [0.05, 0.1) is 0 Å². The summed E-state index contributed by atoms with van der Waals surface area (Å²) in [6, 6.07) is 6.58. The number of halogens is 1. The minimum atomic E-state index is -0.854. The lowest BCUT2D eigenvalue weighted by molar-refractivity contribution is -0.133. The van der Waals surface area contributed by atoms with Crippen molar-refractivity contribution in [1.82, 2.24) is 9.97 Å². The third kappa shape index (κ3) is 3.52. The average molecular weight is 291 g/mol. The van der Waals surface area contributed by atoms with E-state index in [-0.39, 0.29) is 5.95 Å². The molecule has 2 aromatic rings. The maximum Gasteiger partial charge on any atom is 0.316 e. The minimum Gasteiger partial charge on any atom is -0.318 e. The second-order valence-corrected chi connectivity index (χ2v) is 4.35. The summed E-state index contributed by atoms with van der Waals surface area (Å²) in [7, 11) is 0. The largest absolute Gasteiger partial charge is 0.318 e. The SMILES string of the molecule is Cc1ccc(NC(=O)C(=O)Nc2ncccn2)cc1Cl. The van der Waals surface area contributed by atoms with E-state index in [1.165, 1.54) is 12.4 Å². The zero-order chi connectivity index (χ0) is 14.5. The summed E-state index contributed by atoms with van der Waals surface area (Å²) < 4.78 is 0. The molecular weight excluding hydrogens is 280 g/mol. The van der Waals surface area contributed by atoms with Crippen LogP contribution in [0.15, 0.2) is 36.7 Å². The molecule has 102 valence electrons. The first kappa shape index (κ1) is 14.0. The van der Waals surface area contributed by atoms with Crippen LogP contribution in [0.3, 0.4) is 0 Å². The number of hydrogen-bond donors (Lipinski definition) is 2. The zero-order valence-corrected chi connectivity index (χ0v) is 11.3. The fraction of sp³-hybridized carbons (Fsp3) is 0.0769. The number of hydrogen-bond acceptors (Lipinski definition) is 4. The lowest BCUT2D eigenvalue weighted by atomic mass is 10.2. The number of rotatable bonds is 2. The van der Waals surface area contributed by atoms with Gasteiger partial charge in [-0.15, -0.1) is 0 Å². The van der Waals surface area contributed by atoms with Gasteiger partial charge in [0.2, 0.25) is 5.95 Å². The van der Waals surface area contributed by atoms with Crippen molar-refractivity contribution in [3.63, 3.8) is 0 Å². The van der Waals surface area contributed by atoms with E-state index in [4.69, 9.17) is 11.6 Å². The maximum atomic E-state index is 11.7. The third-order valence-corrected chi connectivity index (χ3v) is 2.83. The number of nitrogens with one attached hydrogen (secondary N) is 2. The number of amides is 2. The molecule has 7 heteroatoms. The van der Waals surface area contributed by atoms with Gasteiger partial charge in [0.25, 0.3) is 0 Å². The molecule has 20 heavy (non-hydrogen) atoms. The van der Waals surface area contributed by atoms with Crippen LogP contribution in [0.5, 0.6) is 0 Å². The molecule has 2 N–H and O–H groups in total. The Morgan fingerprint density at radius 1 is 1.10 bits per heavy atom. The summed E-state index contributed by atoms with van der Waals surface area (Å²) in [5.41, 5.74) is 1.32. The summed E-state index contributed by atoms with van der Waals surface area (Å²) in [6.45, 7) is 1.84. The first-order chi connectivity index (χ1) is 9.56. The van der Waals surface area contributed by atoms with Gasteiger partial charge in [-0.3, -0.25) is 14.9 Å². The van der Waals surface area contributed by atoms with Crippen molar-refractivity contribution in [1.29, 1.82) is 0 Å². The molecule has 0 saturated carbocycles. The van der Waals surface area contributed by atoms with Crippen LogP contribution in [0.4, 0.5) is 11.6 Å². The van der Waals surface area contributed by atoms with Crippen LogP contribution < -0.4 is 10.6 Å². The van der Waals surface area contributed by atoms with Crippen molar-refractivity contribution in [2.24, 2.45) is 0 Å². The average Bonchev–Trinajstić information content (AvgIpc) is 2.44. The van der Waals surface area contributed by atoms with Gasteiger partial charge in [0, 0.05) is 23.1 Å². The number of nitrogens with zero attached hydrogens (tertiary/aromatic N) is 2. The Morgan fingerprint density at radius 3 is 2.40 bits per heavy atom. The Kier molecular flexibility index (Phi) is 4.27. The first-order valence-electron chi connectivity index (χ1n) is 5.72. The molecule has 0 aliphatic carbocycles. The van der Waals surface area contributed by atoms with Crippen LogP contribution in [0.1, 0.15) is 5.56 Å². The highest BCUT2D eigenvalue weighted by atomic mass is 35.5. The number of carbonyl (C=O) groups excluding carboxylic acids is 2. The van der Waals surface area contributed by atoms with Crippen molar-refractivity contribution in [2.45, 2.75) is 6.92 Å². The van der Waals surface area contributed by atoms with E-state index in [2.05, 4.69) is 20.6 Å². The van der Waals surface area contributed by atoms with Crippen molar-refractivity contribution in [3.05, 3.63) is 47.2 Å². The molecule has 0 aliphatic rings. The highest BCUT2D eigenvalue weighted by Crippen LogP contribution is 2.19. The first-order valence-corrected chi connectivity index (χ1v) is 6.09. The molecule has 1 heterocycles. The van der Waals surface area contributed by atoms with Gasteiger partial charge >= 0.3 is 11.8 Å². The molecule has 6 nitrogen and oxygen atoms in total. The van der Waals surface area contributed by atoms with Crippen LogP contribution in [-0.4, -0.2) is 21.8 Å². The van der Waals surface area contributed by atoms with E-state index in [1.54, 1.807) is 24.3 Å². The molecular formula is C13H11ClN4O2. The Bertz CT molecular complexity index is 646. The van der Waals surface area contributed by atoms with Crippen molar-refractivity contribution < 1.29 is 9.59 Å². The lowest BCUT2D eigenvalue weighted by Crippen LogP contribution is -2.29. The topological polar surface area (TPSA) is 84.0 Å². The Labute approximate surface area is 120 Å². The summed E-state index contributed by atoms with van der Waals surface area (Å²) in [4.78, 5) is 30.9. The van der Waals surface area contributed by atoms with Gasteiger partial charge in [0.1, 0.15) is 0 Å². The molecule has 0 fully saturated rings. The molecule has 1 aromatic carbocycles. The molecule has 0 unspecified atom stereocenters. The minimum absolute atomic E-state index is 0.0644. The molecule has 0 aliphatic heterocycles. The predicted octanol–water partition coefficient (Wildman–Crippen LogP) is 2.02. The molecule has 0 atom stereocenters. The number of anilines is 2. The molecule has 0 spiro atoms. The van der Waals surface area contributed by atoms with E-state index in [0.717, 1.165) is 5.56 Å². The van der Waals surface area contributed by atoms with Gasteiger partial charge in [-0.25, -0.2) is 9.97 Å². The smallest absolute Gasteiger partial charge is 0.316 e. The lowest BCUT2D eigenvalue weighted by Gasteiger charge is -2.06. The Hall–Kier alpha value is -2.47. The summed E-state index contributed by atoms with van der Waals surface area (Å²) in [6.07, 6.45) is 2.92. The van der Waals surface area contributed by atoms with Crippen molar-refractivity contribution in [3.8, 4) is 0 Å². The molecule has 0 saturated heterocycles. The van der Waals surface area contributed by atoms with Crippen molar-refractivity contribution >= 4 is 35.1 Å². The standard InChI is InChI=1S/C13H11ClN4O2/c1-8-3-4-9(7-10(8)14)17-11(19)12(20)18-13-15-5-2-6-16-13/h2-7H,1H3,(H,17,19)(H,15,16,18,20). The monoisotopic (exact) mass is 290 g/mol. The van der Waals surface area contributed by atoms with E-state index in [0.29, 0.717) is 10.7 Å². The Balaban J connectivity index is 2.01. The number of aryl methyl sites for hydroxylation is 1. The van der Waals surface area contributed by atoms with E-state index >= 15 is 0 Å². The fourth-order valence-corrected chi connectivity index (χ4v) is 1.56. The molecule has 0 radical (unpaired) electrons. The van der Waals surface area contributed by atoms with E-state index < -0.39 is 11.8 Å². The highest BCUT2D eigenvalue weighted by Gasteiger charge is 2.15. The molecule has 2 rings (SSSR count). The summed E-state index contributed by atoms with van der Waals surface area (Å²) >= 11 is 5.93. The second-order valence-electron chi connectivity index (χ2n) is 3.94. The quantitative estimate of drug-likeness (QED) is 0.829. The van der Waals surface area contributed by atoms with Gasteiger partial charge in [-0.05, 0) is 30.7 Å². The van der Waals surface area contributed by atoms with E-state index in [9.17, 15) is 9.59 Å². The summed E-state index contributed by atoms with van der Waals surface area (Å²) in [5.74, 6) is -1.61. The van der Waals surface area contributed by atoms with Gasteiger partial charge in [-0.1, -0.05) is 17.7 Å². The molecule has 0 bridgehead atoms. The normalized spacial score (nSPS) is 9.90. The zero-order valence-electron chi connectivity index (χ0n) is 10.6. The number of aromatic nitrogens is 2. The van der Waals surface area contributed by atoms with Gasteiger partial charge < -0.3 is 5.32 Å². The number of carbonyl (C=O) groups is 2.